The van der Waals surface area contributed by atoms with E-state index in [0.29, 0.717) is 46.9 Å². The van der Waals surface area contributed by atoms with E-state index in [0.717, 1.165) is 0 Å². The second kappa shape index (κ2) is 7.94. The van der Waals surface area contributed by atoms with Crippen LogP contribution in [-0.4, -0.2) is 23.3 Å². The number of Topliss-reactive ketones (excluding diaryl/α,β-unsaturated/α-hetero) is 1. The molecule has 0 N–H and O–H groups in total. The third kappa shape index (κ3) is 2.76. The van der Waals surface area contributed by atoms with Crippen LogP contribution >= 0.6 is 11.6 Å². The van der Waals surface area contributed by atoms with Gasteiger partial charge in [-0.1, -0.05) is 29.8 Å². The molecule has 0 unspecified atom stereocenters. The zero-order valence-corrected chi connectivity index (χ0v) is 20.1. The molecule has 6 nitrogen and oxygen atoms in total. The quantitative estimate of drug-likeness (QED) is 0.473. The molecule has 1 spiro atoms. The number of likely N-dealkylation sites (N-methyl/N-ethyl adjacent to an activating group) is 1. The third-order valence-corrected chi connectivity index (χ3v) is 7.55. The highest BCUT2D eigenvalue weighted by Gasteiger charge is 2.62. The predicted octanol–water partition coefficient (Wildman–Crippen LogP) is 5.41. The summed E-state index contributed by atoms with van der Waals surface area (Å²) in [5, 5.41) is 10.6. The third-order valence-electron chi connectivity index (χ3n) is 7.26. The highest BCUT2D eigenvalue weighted by Crippen LogP contribution is 2.57. The van der Waals surface area contributed by atoms with Crippen molar-refractivity contribution in [2.24, 2.45) is 0 Å². The summed E-state index contributed by atoms with van der Waals surface area (Å²) in [6.45, 7) is 0. The second-order valence-corrected chi connectivity index (χ2v) is 9.47. The van der Waals surface area contributed by atoms with Crippen molar-refractivity contribution in [2.75, 3.05) is 16.8 Å². The molecule has 0 bridgehead atoms. The van der Waals surface area contributed by atoms with Gasteiger partial charge in [-0.05, 0) is 49.2 Å². The van der Waals surface area contributed by atoms with Gasteiger partial charge in [-0.2, -0.15) is 5.26 Å². The Kier molecular flexibility index (Phi) is 4.92. The first-order valence-electron chi connectivity index (χ1n) is 11.6. The van der Waals surface area contributed by atoms with Gasteiger partial charge in [0.15, 0.2) is 5.78 Å². The number of nitriles is 1. The highest BCUT2D eigenvalue weighted by molar-refractivity contribution is 6.31. The van der Waals surface area contributed by atoms with E-state index in [1.807, 2.05) is 36.4 Å². The van der Waals surface area contributed by atoms with E-state index in [1.54, 1.807) is 35.0 Å². The molecule has 2 aliphatic heterocycles. The smallest absolute Gasteiger partial charge is 0.247 e. The van der Waals surface area contributed by atoms with Gasteiger partial charge in [0.2, 0.25) is 5.91 Å². The zero-order valence-electron chi connectivity index (χ0n) is 19.3. The van der Waals surface area contributed by atoms with Gasteiger partial charge in [-0.15, -0.1) is 0 Å². The summed E-state index contributed by atoms with van der Waals surface area (Å²) in [5.41, 5.74) is 1.26. The Morgan fingerprint density at radius 1 is 1.06 bits per heavy atom. The summed E-state index contributed by atoms with van der Waals surface area (Å²) in [6, 6.07) is 17.6. The molecule has 0 fully saturated rings. The van der Waals surface area contributed by atoms with Crippen LogP contribution in [0.1, 0.15) is 24.8 Å². The number of carbonyl (C=O) groups excluding carboxylic acids is 2. The number of amides is 1. The number of fused-ring (bicyclic) bond motifs is 3. The molecule has 1 amide bonds. The number of halogens is 2. The fourth-order valence-electron chi connectivity index (χ4n) is 5.81. The molecule has 0 saturated heterocycles. The van der Waals surface area contributed by atoms with Gasteiger partial charge in [-0.3, -0.25) is 14.5 Å². The van der Waals surface area contributed by atoms with Gasteiger partial charge in [0.25, 0.3) is 0 Å². The lowest BCUT2D eigenvalue weighted by molar-refractivity contribution is -0.123. The number of aromatic nitrogens is 1. The Balaban J connectivity index is 1.79. The van der Waals surface area contributed by atoms with Crippen LogP contribution in [0.15, 0.2) is 83.8 Å². The lowest BCUT2D eigenvalue weighted by atomic mass is 9.63. The Morgan fingerprint density at radius 2 is 1.81 bits per heavy atom. The summed E-state index contributed by atoms with van der Waals surface area (Å²) in [6.07, 6.45) is 4.93. The number of carbonyl (C=O) groups is 2. The lowest BCUT2D eigenvalue weighted by Crippen LogP contribution is -2.51. The average molecular weight is 499 g/mol. The monoisotopic (exact) mass is 498 g/mol. The molecule has 2 aromatic carbocycles. The molecule has 3 aromatic rings. The molecular weight excluding hydrogens is 479 g/mol. The molecule has 8 heteroatoms. The van der Waals surface area contributed by atoms with Crippen LogP contribution < -0.4 is 9.80 Å². The molecule has 3 aliphatic rings. The SMILES string of the molecule is CN1C(=O)[C@]2(C(C#N)=C(n3cccc3)N(c3ccc(F)c(Cl)c3)C3=C2C(=O)CCC3)c2ccccc21. The number of allylic oxidation sites excluding steroid dienone is 1. The molecule has 36 heavy (non-hydrogen) atoms. The Hall–Kier alpha value is -4.15. The van der Waals surface area contributed by atoms with Gasteiger partial charge >= 0.3 is 0 Å². The molecule has 1 aliphatic carbocycles. The maximum absolute atomic E-state index is 14.2. The highest BCUT2D eigenvalue weighted by atomic mass is 35.5. The normalized spacial score (nSPS) is 21.3. The van der Waals surface area contributed by atoms with Crippen LogP contribution in [0, 0.1) is 17.1 Å². The van der Waals surface area contributed by atoms with Crippen LogP contribution in [0.5, 0.6) is 0 Å². The van der Waals surface area contributed by atoms with Crippen LogP contribution in [-0.2, 0) is 15.0 Å². The van der Waals surface area contributed by atoms with E-state index < -0.39 is 11.2 Å². The summed E-state index contributed by atoms with van der Waals surface area (Å²) in [5.74, 6) is -0.676. The Morgan fingerprint density at radius 3 is 2.53 bits per heavy atom. The first-order chi connectivity index (χ1) is 17.4. The maximum Gasteiger partial charge on any atom is 0.247 e. The van der Waals surface area contributed by atoms with Crippen LogP contribution in [0.3, 0.4) is 0 Å². The van der Waals surface area contributed by atoms with Gasteiger partial charge in [0.1, 0.15) is 23.1 Å². The summed E-state index contributed by atoms with van der Waals surface area (Å²) in [4.78, 5) is 31.3. The minimum atomic E-state index is -1.58. The molecule has 1 aromatic heterocycles. The van der Waals surface area contributed by atoms with Crippen LogP contribution in [0.25, 0.3) is 5.82 Å². The number of hydrogen-bond acceptors (Lipinski definition) is 4. The van der Waals surface area contributed by atoms with Gasteiger partial charge < -0.3 is 9.47 Å². The second-order valence-electron chi connectivity index (χ2n) is 9.06. The van der Waals surface area contributed by atoms with E-state index in [1.165, 1.54) is 17.0 Å². The topological polar surface area (TPSA) is 69.3 Å². The largest absolute Gasteiger partial charge is 0.314 e. The zero-order chi connectivity index (χ0) is 25.2. The number of benzene rings is 2. The van der Waals surface area contributed by atoms with Crippen LogP contribution in [0.2, 0.25) is 5.02 Å². The van der Waals surface area contributed by atoms with E-state index >= 15 is 0 Å². The number of hydrogen-bond donors (Lipinski definition) is 0. The number of ketones is 1. The summed E-state index contributed by atoms with van der Waals surface area (Å²) < 4.78 is 15.9. The summed E-state index contributed by atoms with van der Waals surface area (Å²) >= 11 is 6.18. The molecule has 6 rings (SSSR count). The van der Waals surface area contributed by atoms with Gasteiger partial charge in [-0.25, -0.2) is 4.39 Å². The van der Waals surface area contributed by atoms with E-state index in [9.17, 15) is 19.2 Å². The van der Waals surface area contributed by atoms with Crippen molar-refractivity contribution in [3.63, 3.8) is 0 Å². The molecule has 178 valence electrons. The summed E-state index contributed by atoms with van der Waals surface area (Å²) in [7, 11) is 1.67. The number of para-hydroxylation sites is 1. The number of anilines is 2. The first-order valence-corrected chi connectivity index (χ1v) is 12.0. The molecule has 0 radical (unpaired) electrons. The van der Waals surface area contributed by atoms with Crippen molar-refractivity contribution in [1.29, 1.82) is 5.26 Å². The minimum Gasteiger partial charge on any atom is -0.314 e. The fourth-order valence-corrected chi connectivity index (χ4v) is 5.98. The van der Waals surface area contributed by atoms with Crippen molar-refractivity contribution in [3.8, 4) is 6.07 Å². The standard InChI is InChI=1S/C28H20ClFN4O2/c1-32-22-8-3-2-7-18(22)28(27(32)36)19(16-31)26(33-13-4-5-14-33)34(17-11-12-21(30)20(29)15-17)23-9-6-10-24(35)25(23)28/h2-5,7-8,11-15H,6,9-10H2,1H3/t28-/m0/s1. The lowest BCUT2D eigenvalue weighted by Gasteiger charge is -2.45. The molecule has 1 atom stereocenters. The molecule has 3 heterocycles. The van der Waals surface area contributed by atoms with E-state index in [2.05, 4.69) is 6.07 Å². The Labute approximate surface area is 212 Å². The fraction of sp³-hybridized carbons (Fsp3) is 0.179. The first kappa shape index (κ1) is 22.3. The van der Waals surface area contributed by atoms with Crippen molar-refractivity contribution < 1.29 is 14.0 Å². The van der Waals surface area contributed by atoms with Crippen molar-refractivity contribution >= 4 is 40.5 Å². The van der Waals surface area contributed by atoms with Crippen molar-refractivity contribution in [1.82, 2.24) is 4.57 Å². The van der Waals surface area contributed by atoms with Crippen molar-refractivity contribution in [2.45, 2.75) is 24.7 Å². The maximum atomic E-state index is 14.2. The van der Waals surface area contributed by atoms with Gasteiger partial charge in [0.05, 0.1) is 10.6 Å². The predicted molar refractivity (Wildman–Crippen MR) is 135 cm³/mol. The van der Waals surface area contributed by atoms with E-state index in [-0.39, 0.29) is 28.7 Å². The number of rotatable bonds is 2. The average Bonchev–Trinajstić information content (AvgIpc) is 3.49. The Bertz CT molecular complexity index is 1570. The van der Waals surface area contributed by atoms with Crippen molar-refractivity contribution in [3.05, 3.63) is 100 Å². The van der Waals surface area contributed by atoms with Gasteiger partial charge in [0, 0.05) is 54.1 Å². The number of nitrogens with zero attached hydrogens (tertiary/aromatic N) is 4. The minimum absolute atomic E-state index is 0.0792. The molecular formula is C28H20ClFN4O2. The van der Waals surface area contributed by atoms with Crippen LogP contribution in [0.4, 0.5) is 15.8 Å². The van der Waals surface area contributed by atoms with E-state index in [4.69, 9.17) is 11.6 Å². The molecule has 0 saturated carbocycles.